The van der Waals surface area contributed by atoms with E-state index in [-0.39, 0.29) is 24.9 Å². The predicted octanol–water partition coefficient (Wildman–Crippen LogP) is 3.06. The van der Waals surface area contributed by atoms with Crippen LogP contribution in [0.5, 0.6) is 5.75 Å². The van der Waals surface area contributed by atoms with E-state index < -0.39 is 17.9 Å². The summed E-state index contributed by atoms with van der Waals surface area (Å²) in [5.41, 5.74) is 2.82. The molecule has 11 nitrogen and oxygen atoms in total. The summed E-state index contributed by atoms with van der Waals surface area (Å²) in [5, 5.41) is 20.0. The van der Waals surface area contributed by atoms with Crippen LogP contribution in [0.4, 0.5) is 21.0 Å². The Labute approximate surface area is 216 Å². The zero-order valence-electron chi connectivity index (χ0n) is 21.6. The molecule has 0 saturated heterocycles. The van der Waals surface area contributed by atoms with Gasteiger partial charge in [0, 0.05) is 32.4 Å². The zero-order chi connectivity index (χ0) is 27.4. The molecule has 11 heteroatoms. The van der Waals surface area contributed by atoms with Crippen molar-refractivity contribution < 1.29 is 29.0 Å². The maximum Gasteiger partial charge on any atom is 0.323 e. The normalized spacial score (nSPS) is 11.1. The molecule has 0 aromatic heterocycles. The molecule has 1 atom stereocenters. The van der Waals surface area contributed by atoms with Crippen molar-refractivity contribution in [3.05, 3.63) is 53.6 Å². The molecule has 0 aliphatic carbocycles. The average molecular weight is 514 g/mol. The third-order valence-corrected chi connectivity index (χ3v) is 5.54. The molecule has 200 valence electrons. The van der Waals surface area contributed by atoms with E-state index in [4.69, 9.17) is 9.84 Å². The number of para-hydroxylation sites is 1. The highest BCUT2D eigenvalue weighted by atomic mass is 16.5. The van der Waals surface area contributed by atoms with Crippen molar-refractivity contribution in [2.24, 2.45) is 5.92 Å². The smallest absolute Gasteiger partial charge is 0.323 e. The molecule has 2 aromatic rings. The summed E-state index contributed by atoms with van der Waals surface area (Å²) in [6.45, 7) is 4.24. The molecule has 1 unspecified atom stereocenters. The Morgan fingerprint density at radius 2 is 1.68 bits per heavy atom. The quantitative estimate of drug-likeness (QED) is 0.275. The highest BCUT2D eigenvalue weighted by Gasteiger charge is 2.17. The van der Waals surface area contributed by atoms with Gasteiger partial charge in [0.05, 0.1) is 25.1 Å². The molecule has 0 aliphatic heterocycles. The number of carbonyl (C=O) groups is 4. The maximum atomic E-state index is 12.4. The van der Waals surface area contributed by atoms with E-state index in [1.54, 1.807) is 18.2 Å². The van der Waals surface area contributed by atoms with Crippen LogP contribution >= 0.6 is 0 Å². The van der Waals surface area contributed by atoms with Crippen LogP contribution in [-0.4, -0.2) is 67.7 Å². The number of methoxy groups -OCH3 is 1. The van der Waals surface area contributed by atoms with Crippen LogP contribution in [0.1, 0.15) is 24.5 Å². The first-order valence-electron chi connectivity index (χ1n) is 11.9. The number of carbonyl (C=O) groups excluding carboxylic acids is 3. The summed E-state index contributed by atoms with van der Waals surface area (Å²) >= 11 is 0. The Bertz CT molecular complexity index is 1110. The summed E-state index contributed by atoms with van der Waals surface area (Å²) < 4.78 is 5.38. The molecule has 5 N–H and O–H groups in total. The molecule has 2 aromatic carbocycles. The van der Waals surface area contributed by atoms with Crippen molar-refractivity contribution in [3.63, 3.8) is 0 Å². The number of nitrogens with zero attached hydrogens (tertiary/aromatic N) is 1. The molecule has 2 rings (SSSR count). The second kappa shape index (κ2) is 14.3. The van der Waals surface area contributed by atoms with Gasteiger partial charge in [0.15, 0.2) is 0 Å². The number of hydrogen-bond donors (Lipinski definition) is 5. The van der Waals surface area contributed by atoms with E-state index in [0.29, 0.717) is 42.2 Å². The van der Waals surface area contributed by atoms with E-state index in [1.165, 1.54) is 26.0 Å². The van der Waals surface area contributed by atoms with Crippen LogP contribution in [0.25, 0.3) is 0 Å². The molecule has 0 bridgehead atoms. The molecule has 0 spiro atoms. The zero-order valence-corrected chi connectivity index (χ0v) is 21.6. The van der Waals surface area contributed by atoms with E-state index in [0.717, 1.165) is 5.56 Å². The Balaban J connectivity index is 1.76. The predicted molar refractivity (Wildman–Crippen MR) is 141 cm³/mol. The fraction of sp³-hybridized carbons (Fsp3) is 0.385. The van der Waals surface area contributed by atoms with Gasteiger partial charge >= 0.3 is 18.0 Å². The standard InChI is InChI=1S/C26H35N5O6/c1-17-8-5-6-9-20(17)29-25(35)30-21-11-10-19(14-22(21)37-4)15-23(32)27-12-7-13-28-26(36)31(3)16-18(2)24(33)34/h5-6,8-11,14,18H,7,12-13,15-16H2,1-4H3,(H,27,32)(H,28,36)(H,33,34)(H2,29,30,35). The van der Waals surface area contributed by atoms with Crippen LogP contribution in [0.2, 0.25) is 0 Å². The third kappa shape index (κ3) is 9.71. The number of aryl methyl sites for hydroxylation is 1. The van der Waals surface area contributed by atoms with E-state index >= 15 is 0 Å². The van der Waals surface area contributed by atoms with Crippen molar-refractivity contribution in [2.45, 2.75) is 26.7 Å². The first kappa shape index (κ1) is 29.0. The van der Waals surface area contributed by atoms with Gasteiger partial charge < -0.3 is 36.0 Å². The Morgan fingerprint density at radius 3 is 2.35 bits per heavy atom. The number of hydrogen-bond acceptors (Lipinski definition) is 5. The van der Waals surface area contributed by atoms with E-state index in [1.807, 2.05) is 31.2 Å². The minimum atomic E-state index is -0.963. The van der Waals surface area contributed by atoms with Gasteiger partial charge in [0.2, 0.25) is 5.91 Å². The summed E-state index contributed by atoms with van der Waals surface area (Å²) in [5.74, 6) is -1.39. The molecule has 5 amide bonds. The second-order valence-electron chi connectivity index (χ2n) is 8.66. The van der Waals surface area contributed by atoms with Crippen molar-refractivity contribution in [1.82, 2.24) is 15.5 Å². The molecule has 0 aliphatic rings. The van der Waals surface area contributed by atoms with Gasteiger partial charge in [-0.25, -0.2) is 9.59 Å². The number of benzene rings is 2. The Hall–Kier alpha value is -4.28. The molecular formula is C26H35N5O6. The lowest BCUT2D eigenvalue weighted by atomic mass is 10.1. The van der Waals surface area contributed by atoms with Crippen molar-refractivity contribution in [2.75, 3.05) is 44.4 Å². The van der Waals surface area contributed by atoms with E-state index in [9.17, 15) is 19.2 Å². The minimum Gasteiger partial charge on any atom is -0.495 e. The van der Waals surface area contributed by atoms with Crippen LogP contribution in [0.15, 0.2) is 42.5 Å². The van der Waals surface area contributed by atoms with Crippen molar-refractivity contribution in [1.29, 1.82) is 0 Å². The van der Waals surface area contributed by atoms with Crippen LogP contribution in [0, 0.1) is 12.8 Å². The number of urea groups is 2. The van der Waals surface area contributed by atoms with Gasteiger partial charge in [0.25, 0.3) is 0 Å². The van der Waals surface area contributed by atoms with Crippen molar-refractivity contribution in [3.8, 4) is 5.75 Å². The van der Waals surface area contributed by atoms with Crippen LogP contribution in [0.3, 0.4) is 0 Å². The van der Waals surface area contributed by atoms with Gasteiger partial charge in [-0.15, -0.1) is 0 Å². The minimum absolute atomic E-state index is 0.104. The molecule has 0 heterocycles. The fourth-order valence-electron chi connectivity index (χ4n) is 3.40. The molecule has 0 radical (unpaired) electrons. The first-order chi connectivity index (χ1) is 17.6. The van der Waals surface area contributed by atoms with Gasteiger partial charge in [-0.2, -0.15) is 0 Å². The number of carboxylic acid groups (broad SMARTS) is 1. The maximum absolute atomic E-state index is 12.4. The van der Waals surface area contributed by atoms with Crippen LogP contribution in [-0.2, 0) is 16.0 Å². The number of amides is 5. The number of carboxylic acids is 1. The summed E-state index contributed by atoms with van der Waals surface area (Å²) in [7, 11) is 3.01. The van der Waals surface area contributed by atoms with Gasteiger partial charge in [-0.3, -0.25) is 9.59 Å². The summed E-state index contributed by atoms with van der Waals surface area (Å²) in [6.07, 6.45) is 0.635. The number of rotatable bonds is 12. The highest BCUT2D eigenvalue weighted by molar-refractivity contribution is 6.01. The first-order valence-corrected chi connectivity index (χ1v) is 11.9. The summed E-state index contributed by atoms with van der Waals surface area (Å²) in [6, 6.07) is 11.8. The van der Waals surface area contributed by atoms with Gasteiger partial charge in [-0.05, 0) is 42.7 Å². The second-order valence-corrected chi connectivity index (χ2v) is 8.66. The number of aliphatic carboxylic acids is 1. The van der Waals surface area contributed by atoms with Crippen LogP contribution < -0.4 is 26.0 Å². The Morgan fingerprint density at radius 1 is 1.00 bits per heavy atom. The van der Waals surface area contributed by atoms with E-state index in [2.05, 4.69) is 21.3 Å². The van der Waals surface area contributed by atoms with Crippen molar-refractivity contribution >= 4 is 35.3 Å². The average Bonchev–Trinajstić information content (AvgIpc) is 2.85. The molecule has 0 fully saturated rings. The summed E-state index contributed by atoms with van der Waals surface area (Å²) in [4.78, 5) is 48.9. The SMILES string of the molecule is COc1cc(CC(=O)NCCCNC(=O)N(C)CC(C)C(=O)O)ccc1NC(=O)Nc1ccccc1C. The molecule has 0 saturated carbocycles. The lowest BCUT2D eigenvalue weighted by molar-refractivity contribution is -0.141. The lowest BCUT2D eigenvalue weighted by Crippen LogP contribution is -2.41. The highest BCUT2D eigenvalue weighted by Crippen LogP contribution is 2.26. The number of anilines is 2. The van der Waals surface area contributed by atoms with Gasteiger partial charge in [-0.1, -0.05) is 31.2 Å². The third-order valence-electron chi connectivity index (χ3n) is 5.54. The number of ether oxygens (including phenoxy) is 1. The monoisotopic (exact) mass is 513 g/mol. The fourth-order valence-corrected chi connectivity index (χ4v) is 3.40. The molecular weight excluding hydrogens is 478 g/mol. The topological polar surface area (TPSA) is 149 Å². The number of nitrogens with one attached hydrogen (secondary N) is 4. The molecule has 37 heavy (non-hydrogen) atoms. The Kier molecular flexibility index (Phi) is 11.2. The largest absolute Gasteiger partial charge is 0.495 e. The lowest BCUT2D eigenvalue weighted by Gasteiger charge is -2.20. The van der Waals surface area contributed by atoms with Gasteiger partial charge in [0.1, 0.15) is 5.75 Å².